The standard InChI is InChI=1S/C12H14N2OS/c1-15-11-6-3-9(4-7-11)2-5-10-8-16-12(13)14-10/h3-4,6-8H,2,5H2,1H3,(H2,13,14). The van der Waals surface area contributed by atoms with Crippen LogP contribution in [0.3, 0.4) is 0 Å². The van der Waals surface area contributed by atoms with Gasteiger partial charge in [-0.1, -0.05) is 12.1 Å². The summed E-state index contributed by atoms with van der Waals surface area (Å²) in [5, 5.41) is 2.66. The third kappa shape index (κ3) is 2.73. The molecule has 0 spiro atoms. The second kappa shape index (κ2) is 4.99. The van der Waals surface area contributed by atoms with E-state index in [1.165, 1.54) is 16.9 Å². The lowest BCUT2D eigenvalue weighted by Crippen LogP contribution is -1.92. The zero-order chi connectivity index (χ0) is 11.4. The van der Waals surface area contributed by atoms with Gasteiger partial charge in [0, 0.05) is 5.38 Å². The summed E-state index contributed by atoms with van der Waals surface area (Å²) in [6.45, 7) is 0. The molecule has 1 heterocycles. The van der Waals surface area contributed by atoms with Gasteiger partial charge >= 0.3 is 0 Å². The Morgan fingerprint density at radius 3 is 2.56 bits per heavy atom. The average Bonchev–Trinajstić information content (AvgIpc) is 2.73. The summed E-state index contributed by atoms with van der Waals surface area (Å²) in [4.78, 5) is 4.23. The zero-order valence-corrected chi connectivity index (χ0v) is 9.96. The molecule has 4 heteroatoms. The van der Waals surface area contributed by atoms with Gasteiger partial charge in [0.25, 0.3) is 0 Å². The van der Waals surface area contributed by atoms with Crippen LogP contribution in [-0.4, -0.2) is 12.1 Å². The number of nitrogens with two attached hydrogens (primary N) is 1. The Balaban J connectivity index is 1.94. The summed E-state index contributed by atoms with van der Waals surface area (Å²) in [6.07, 6.45) is 1.91. The third-order valence-electron chi connectivity index (χ3n) is 2.40. The minimum Gasteiger partial charge on any atom is -0.497 e. The van der Waals surface area contributed by atoms with Crippen LogP contribution in [0.1, 0.15) is 11.3 Å². The van der Waals surface area contributed by atoms with Crippen LogP contribution in [0.2, 0.25) is 0 Å². The molecule has 2 aromatic rings. The van der Waals surface area contributed by atoms with E-state index < -0.39 is 0 Å². The Morgan fingerprint density at radius 2 is 2.00 bits per heavy atom. The first-order chi connectivity index (χ1) is 7.78. The number of thiazole rings is 1. The van der Waals surface area contributed by atoms with E-state index in [0.29, 0.717) is 5.13 Å². The van der Waals surface area contributed by atoms with Gasteiger partial charge in [-0.15, -0.1) is 11.3 Å². The molecule has 0 bridgehead atoms. The third-order valence-corrected chi connectivity index (χ3v) is 3.12. The van der Waals surface area contributed by atoms with E-state index >= 15 is 0 Å². The molecule has 0 amide bonds. The smallest absolute Gasteiger partial charge is 0.180 e. The second-order valence-electron chi connectivity index (χ2n) is 3.53. The van der Waals surface area contributed by atoms with Crippen LogP contribution < -0.4 is 10.5 Å². The van der Waals surface area contributed by atoms with Crippen molar-refractivity contribution in [1.29, 1.82) is 0 Å². The highest BCUT2D eigenvalue weighted by Crippen LogP contribution is 2.15. The molecular formula is C12H14N2OS. The fourth-order valence-electron chi connectivity index (χ4n) is 1.50. The molecule has 1 aromatic carbocycles. The maximum Gasteiger partial charge on any atom is 0.180 e. The number of benzene rings is 1. The Hall–Kier alpha value is -1.55. The highest BCUT2D eigenvalue weighted by Gasteiger charge is 2.00. The number of aryl methyl sites for hydroxylation is 2. The number of nitrogens with zero attached hydrogens (tertiary/aromatic N) is 1. The van der Waals surface area contributed by atoms with E-state index in [9.17, 15) is 0 Å². The van der Waals surface area contributed by atoms with Crippen molar-refractivity contribution in [3.05, 3.63) is 40.9 Å². The minimum absolute atomic E-state index is 0.643. The molecule has 0 aliphatic carbocycles. The Bertz CT molecular complexity index is 450. The van der Waals surface area contributed by atoms with Gasteiger partial charge in [0.1, 0.15) is 5.75 Å². The lowest BCUT2D eigenvalue weighted by molar-refractivity contribution is 0.414. The van der Waals surface area contributed by atoms with Gasteiger partial charge in [0.2, 0.25) is 0 Å². The quantitative estimate of drug-likeness (QED) is 0.884. The molecule has 84 valence electrons. The number of methoxy groups -OCH3 is 1. The molecule has 0 aliphatic rings. The molecule has 2 N–H and O–H groups in total. The fraction of sp³-hybridized carbons (Fsp3) is 0.250. The van der Waals surface area contributed by atoms with E-state index in [-0.39, 0.29) is 0 Å². The topological polar surface area (TPSA) is 48.1 Å². The first-order valence-corrected chi connectivity index (χ1v) is 5.98. The van der Waals surface area contributed by atoms with E-state index in [4.69, 9.17) is 10.5 Å². The van der Waals surface area contributed by atoms with Gasteiger partial charge in [-0.2, -0.15) is 0 Å². The zero-order valence-electron chi connectivity index (χ0n) is 9.14. The van der Waals surface area contributed by atoms with Crippen LogP contribution in [-0.2, 0) is 12.8 Å². The van der Waals surface area contributed by atoms with Crippen LogP contribution in [0, 0.1) is 0 Å². The van der Waals surface area contributed by atoms with Crippen LogP contribution in [0.4, 0.5) is 5.13 Å². The molecule has 0 fully saturated rings. The lowest BCUT2D eigenvalue weighted by atomic mass is 10.1. The number of aromatic nitrogens is 1. The monoisotopic (exact) mass is 234 g/mol. The molecule has 1 aromatic heterocycles. The van der Waals surface area contributed by atoms with Crippen LogP contribution in [0.15, 0.2) is 29.6 Å². The van der Waals surface area contributed by atoms with Gasteiger partial charge in [-0.3, -0.25) is 0 Å². The molecule has 16 heavy (non-hydrogen) atoms. The van der Waals surface area contributed by atoms with Crippen LogP contribution in [0.25, 0.3) is 0 Å². The van der Waals surface area contributed by atoms with Crippen molar-refractivity contribution in [2.75, 3.05) is 12.8 Å². The lowest BCUT2D eigenvalue weighted by Gasteiger charge is -2.02. The van der Waals surface area contributed by atoms with Crippen molar-refractivity contribution in [2.45, 2.75) is 12.8 Å². The van der Waals surface area contributed by atoms with Crippen molar-refractivity contribution >= 4 is 16.5 Å². The maximum atomic E-state index is 5.58. The molecule has 0 saturated heterocycles. The predicted octanol–water partition coefficient (Wildman–Crippen LogP) is 2.52. The van der Waals surface area contributed by atoms with E-state index in [0.717, 1.165) is 24.3 Å². The summed E-state index contributed by atoms with van der Waals surface area (Å²) >= 11 is 1.49. The van der Waals surface area contributed by atoms with Crippen molar-refractivity contribution in [2.24, 2.45) is 0 Å². The van der Waals surface area contributed by atoms with Gasteiger partial charge in [0.05, 0.1) is 12.8 Å². The summed E-state index contributed by atoms with van der Waals surface area (Å²) in [6, 6.07) is 8.11. The second-order valence-corrected chi connectivity index (χ2v) is 4.41. The molecule has 0 aliphatic heterocycles. The molecule has 2 rings (SSSR count). The predicted molar refractivity (Wildman–Crippen MR) is 66.9 cm³/mol. The Morgan fingerprint density at radius 1 is 1.25 bits per heavy atom. The fourth-order valence-corrected chi connectivity index (χ4v) is 2.10. The summed E-state index contributed by atoms with van der Waals surface area (Å²) in [5.41, 5.74) is 7.93. The SMILES string of the molecule is COc1ccc(CCc2csc(N)n2)cc1. The average molecular weight is 234 g/mol. The number of nitrogen functional groups attached to an aromatic ring is 1. The van der Waals surface area contributed by atoms with Crippen molar-refractivity contribution < 1.29 is 4.74 Å². The summed E-state index contributed by atoms with van der Waals surface area (Å²) in [7, 11) is 1.67. The largest absolute Gasteiger partial charge is 0.497 e. The minimum atomic E-state index is 0.643. The molecule has 3 nitrogen and oxygen atoms in total. The highest BCUT2D eigenvalue weighted by atomic mass is 32.1. The van der Waals surface area contributed by atoms with Crippen molar-refractivity contribution in [1.82, 2.24) is 4.98 Å². The van der Waals surface area contributed by atoms with E-state index in [2.05, 4.69) is 17.1 Å². The van der Waals surface area contributed by atoms with Crippen LogP contribution in [0.5, 0.6) is 5.75 Å². The Kier molecular flexibility index (Phi) is 3.41. The first-order valence-electron chi connectivity index (χ1n) is 5.11. The maximum absolute atomic E-state index is 5.58. The molecule has 0 unspecified atom stereocenters. The number of anilines is 1. The van der Waals surface area contributed by atoms with E-state index in [1.807, 2.05) is 17.5 Å². The van der Waals surface area contributed by atoms with Gasteiger partial charge in [-0.05, 0) is 30.5 Å². The normalized spacial score (nSPS) is 10.3. The van der Waals surface area contributed by atoms with Gasteiger partial charge < -0.3 is 10.5 Å². The number of hydrogen-bond donors (Lipinski definition) is 1. The Labute approximate surface area is 98.9 Å². The van der Waals surface area contributed by atoms with Crippen molar-refractivity contribution in [3.63, 3.8) is 0 Å². The molecule has 0 atom stereocenters. The van der Waals surface area contributed by atoms with E-state index in [1.54, 1.807) is 7.11 Å². The van der Waals surface area contributed by atoms with Crippen molar-refractivity contribution in [3.8, 4) is 5.75 Å². The number of ether oxygens (including phenoxy) is 1. The molecule has 0 radical (unpaired) electrons. The first kappa shape index (κ1) is 11.0. The summed E-state index contributed by atoms with van der Waals surface area (Å²) < 4.78 is 5.11. The highest BCUT2D eigenvalue weighted by molar-refractivity contribution is 7.13. The molecular weight excluding hydrogens is 220 g/mol. The number of rotatable bonds is 4. The number of hydrogen-bond acceptors (Lipinski definition) is 4. The van der Waals surface area contributed by atoms with Gasteiger partial charge in [0.15, 0.2) is 5.13 Å². The molecule has 0 saturated carbocycles. The van der Waals surface area contributed by atoms with Crippen LogP contribution >= 0.6 is 11.3 Å². The van der Waals surface area contributed by atoms with Gasteiger partial charge in [-0.25, -0.2) is 4.98 Å². The summed E-state index contributed by atoms with van der Waals surface area (Å²) in [5.74, 6) is 0.890.